The molecule has 0 saturated carbocycles. The van der Waals surface area contributed by atoms with E-state index < -0.39 is 0 Å². The summed E-state index contributed by atoms with van der Waals surface area (Å²) in [5.41, 5.74) is 3.42. The number of nitrogens with zero attached hydrogens (tertiary/aromatic N) is 3. The van der Waals surface area contributed by atoms with Gasteiger partial charge >= 0.3 is 0 Å². The van der Waals surface area contributed by atoms with E-state index in [1.165, 1.54) is 0 Å². The fourth-order valence-electron chi connectivity index (χ4n) is 4.75. The molecule has 2 amide bonds. The van der Waals surface area contributed by atoms with Crippen LogP contribution in [0.2, 0.25) is 0 Å². The van der Waals surface area contributed by atoms with Crippen molar-refractivity contribution in [1.82, 2.24) is 19.8 Å². The minimum absolute atomic E-state index is 0.0349. The Kier molecular flexibility index (Phi) is 6.81. The first-order valence-corrected chi connectivity index (χ1v) is 12.0. The molecule has 1 N–H and O–H groups in total. The van der Waals surface area contributed by atoms with Crippen molar-refractivity contribution in [1.29, 1.82) is 0 Å². The summed E-state index contributed by atoms with van der Waals surface area (Å²) in [5.74, 6) is 0.645. The van der Waals surface area contributed by atoms with Crippen LogP contribution in [0.15, 0.2) is 60.9 Å². The van der Waals surface area contributed by atoms with Gasteiger partial charge in [-0.1, -0.05) is 42.5 Å². The zero-order chi connectivity index (χ0) is 24.2. The van der Waals surface area contributed by atoms with Gasteiger partial charge in [0.2, 0.25) is 5.91 Å². The Morgan fingerprint density at radius 1 is 1.09 bits per heavy atom. The van der Waals surface area contributed by atoms with Gasteiger partial charge in [0, 0.05) is 25.6 Å². The third-order valence-corrected chi connectivity index (χ3v) is 6.88. The first-order chi connectivity index (χ1) is 17.1. The summed E-state index contributed by atoms with van der Waals surface area (Å²) in [6.45, 7) is 2.55. The van der Waals surface area contributed by atoms with E-state index in [2.05, 4.69) is 22.4 Å². The number of piperidine rings is 1. The molecule has 2 aliphatic heterocycles. The van der Waals surface area contributed by atoms with Gasteiger partial charge in [-0.2, -0.15) is 0 Å². The van der Waals surface area contributed by atoms with Gasteiger partial charge in [0.1, 0.15) is 11.9 Å². The van der Waals surface area contributed by atoms with Crippen LogP contribution in [0.3, 0.4) is 0 Å². The van der Waals surface area contributed by atoms with Gasteiger partial charge in [-0.25, -0.2) is 4.98 Å². The van der Waals surface area contributed by atoms with Gasteiger partial charge in [0.05, 0.1) is 32.3 Å². The topological polar surface area (TPSA) is 85.7 Å². The predicted octanol–water partition coefficient (Wildman–Crippen LogP) is 3.33. The fourth-order valence-corrected chi connectivity index (χ4v) is 4.75. The second-order valence-electron chi connectivity index (χ2n) is 9.03. The summed E-state index contributed by atoms with van der Waals surface area (Å²) in [5, 5.41) is 3.02. The van der Waals surface area contributed by atoms with Crippen molar-refractivity contribution in [2.75, 3.05) is 20.2 Å². The number of carbonyl (C=O) groups is 2. The van der Waals surface area contributed by atoms with Crippen molar-refractivity contribution >= 4 is 11.8 Å². The van der Waals surface area contributed by atoms with Gasteiger partial charge in [0.15, 0.2) is 5.69 Å². The first-order valence-electron chi connectivity index (χ1n) is 12.0. The van der Waals surface area contributed by atoms with Crippen LogP contribution in [-0.4, -0.2) is 46.5 Å². The fraction of sp³-hybridized carbons (Fsp3) is 0.370. The third-order valence-electron chi connectivity index (χ3n) is 6.88. The van der Waals surface area contributed by atoms with E-state index in [0.29, 0.717) is 51.3 Å². The number of fused-ring (bicyclic) bond motifs is 1. The van der Waals surface area contributed by atoms with Crippen LogP contribution in [0.25, 0.3) is 0 Å². The Morgan fingerprint density at radius 2 is 1.83 bits per heavy atom. The Hall–Kier alpha value is -3.65. The molecule has 3 aromatic rings. The molecular weight excluding hydrogens is 444 g/mol. The number of hydrogen-bond donors (Lipinski definition) is 1. The summed E-state index contributed by atoms with van der Waals surface area (Å²) >= 11 is 0. The van der Waals surface area contributed by atoms with Crippen LogP contribution in [0, 0.1) is 5.92 Å². The monoisotopic (exact) mass is 474 g/mol. The maximum Gasteiger partial charge on any atom is 0.274 e. The molecule has 35 heavy (non-hydrogen) atoms. The summed E-state index contributed by atoms with van der Waals surface area (Å²) in [7, 11) is 1.63. The van der Waals surface area contributed by atoms with Crippen LogP contribution in [0.4, 0.5) is 0 Å². The molecule has 0 spiro atoms. The SMILES string of the molecule is COc1ccc(CNC(=O)C2CCN(C(=O)c3ncn4c3CO[C@@H](c3ccccc3)C4)CC2)cc1. The van der Waals surface area contributed by atoms with Crippen molar-refractivity contribution < 1.29 is 19.1 Å². The lowest BCUT2D eigenvalue weighted by molar-refractivity contribution is -0.126. The second kappa shape index (κ2) is 10.3. The molecule has 0 aliphatic carbocycles. The number of methoxy groups -OCH3 is 1. The first kappa shape index (κ1) is 23.1. The molecule has 8 nitrogen and oxygen atoms in total. The van der Waals surface area contributed by atoms with E-state index >= 15 is 0 Å². The lowest BCUT2D eigenvalue weighted by atomic mass is 9.95. The van der Waals surface area contributed by atoms with Crippen molar-refractivity contribution in [3.05, 3.63) is 83.4 Å². The minimum Gasteiger partial charge on any atom is -0.497 e. The van der Waals surface area contributed by atoms with Gasteiger partial charge < -0.3 is 24.3 Å². The Balaban J connectivity index is 1.13. The molecule has 1 aromatic heterocycles. The smallest absolute Gasteiger partial charge is 0.274 e. The molecule has 2 aliphatic rings. The summed E-state index contributed by atoms with van der Waals surface area (Å²) in [6.07, 6.45) is 2.97. The van der Waals surface area contributed by atoms with E-state index in [1.807, 2.05) is 47.0 Å². The summed E-state index contributed by atoms with van der Waals surface area (Å²) in [6, 6.07) is 17.7. The number of nitrogens with one attached hydrogen (secondary N) is 1. The molecule has 0 radical (unpaired) electrons. The minimum atomic E-state index is -0.0943. The van der Waals surface area contributed by atoms with Crippen LogP contribution in [0.5, 0.6) is 5.75 Å². The zero-order valence-electron chi connectivity index (χ0n) is 19.9. The summed E-state index contributed by atoms with van der Waals surface area (Å²) < 4.78 is 13.2. The quantitative estimate of drug-likeness (QED) is 0.592. The Bertz CT molecular complexity index is 1170. The Labute approximate surface area is 204 Å². The molecule has 1 fully saturated rings. The molecule has 3 heterocycles. The second-order valence-corrected chi connectivity index (χ2v) is 9.03. The molecule has 1 saturated heterocycles. The van der Waals surface area contributed by atoms with Crippen molar-refractivity contribution in [3.8, 4) is 5.75 Å². The van der Waals surface area contributed by atoms with E-state index in [-0.39, 0.29) is 23.8 Å². The van der Waals surface area contributed by atoms with Crippen molar-refractivity contribution in [2.45, 2.75) is 38.6 Å². The van der Waals surface area contributed by atoms with Crippen LogP contribution in [-0.2, 0) is 29.2 Å². The molecule has 0 unspecified atom stereocenters. The van der Waals surface area contributed by atoms with E-state index in [4.69, 9.17) is 9.47 Å². The number of amides is 2. The summed E-state index contributed by atoms with van der Waals surface area (Å²) in [4.78, 5) is 32.1. The standard InChI is InChI=1S/C27H30N4O4/c1-34-22-9-7-19(8-10-22)15-28-26(32)21-11-13-30(14-12-21)27(33)25-23-17-35-24(16-31(23)18-29-25)20-5-3-2-4-6-20/h2-10,18,21,24H,11-17H2,1H3,(H,28,32)/t24-/m1/s1. The number of aromatic nitrogens is 2. The van der Waals surface area contributed by atoms with Gasteiger partial charge in [-0.15, -0.1) is 0 Å². The maximum atomic E-state index is 13.2. The lowest BCUT2D eigenvalue weighted by Gasteiger charge is -2.31. The predicted molar refractivity (Wildman–Crippen MR) is 130 cm³/mol. The number of imidazole rings is 1. The molecule has 182 valence electrons. The number of carbonyl (C=O) groups excluding carboxylic acids is 2. The largest absolute Gasteiger partial charge is 0.497 e. The van der Waals surface area contributed by atoms with Crippen LogP contribution >= 0.6 is 0 Å². The van der Waals surface area contributed by atoms with Gasteiger partial charge in [-0.3, -0.25) is 9.59 Å². The highest BCUT2D eigenvalue weighted by molar-refractivity contribution is 5.93. The number of benzene rings is 2. The lowest BCUT2D eigenvalue weighted by Crippen LogP contribution is -2.43. The molecule has 8 heteroatoms. The molecule has 2 aromatic carbocycles. The normalized spacial score (nSPS) is 18.1. The van der Waals surface area contributed by atoms with Crippen LogP contribution < -0.4 is 10.1 Å². The van der Waals surface area contributed by atoms with Gasteiger partial charge in [-0.05, 0) is 36.1 Å². The number of rotatable bonds is 6. The highest BCUT2D eigenvalue weighted by Gasteiger charge is 2.32. The van der Waals surface area contributed by atoms with E-state index in [1.54, 1.807) is 18.3 Å². The molecule has 0 bridgehead atoms. The average Bonchev–Trinajstić information content (AvgIpc) is 3.35. The molecule has 1 atom stereocenters. The Morgan fingerprint density at radius 3 is 2.54 bits per heavy atom. The van der Waals surface area contributed by atoms with E-state index in [9.17, 15) is 9.59 Å². The highest BCUT2D eigenvalue weighted by Crippen LogP contribution is 2.29. The van der Waals surface area contributed by atoms with Crippen molar-refractivity contribution in [2.24, 2.45) is 5.92 Å². The van der Waals surface area contributed by atoms with Crippen molar-refractivity contribution in [3.63, 3.8) is 0 Å². The number of likely N-dealkylation sites (tertiary alicyclic amines) is 1. The average molecular weight is 475 g/mol. The third kappa shape index (κ3) is 5.07. The number of ether oxygens (including phenoxy) is 2. The molecule has 5 rings (SSSR count). The van der Waals surface area contributed by atoms with E-state index in [0.717, 1.165) is 22.6 Å². The zero-order valence-corrected chi connectivity index (χ0v) is 19.9. The number of hydrogen-bond acceptors (Lipinski definition) is 5. The van der Waals surface area contributed by atoms with Gasteiger partial charge in [0.25, 0.3) is 5.91 Å². The highest BCUT2D eigenvalue weighted by atomic mass is 16.5. The van der Waals surface area contributed by atoms with Crippen LogP contribution in [0.1, 0.15) is 46.3 Å². The maximum absolute atomic E-state index is 13.2. The molecular formula is C27H30N4O4.